The Labute approximate surface area is 290 Å². The van der Waals surface area contributed by atoms with Crippen LogP contribution in [0.2, 0.25) is 5.02 Å². The molecule has 2 amide bonds. The maximum Gasteiger partial charge on any atom is 0.407 e. The summed E-state index contributed by atoms with van der Waals surface area (Å²) < 4.78 is 63.9. The molecule has 3 aromatic rings. The molecule has 0 aromatic heterocycles. The smallest absolute Gasteiger partial charge is 0.407 e. The molecule has 3 N–H and O–H groups in total. The van der Waals surface area contributed by atoms with Crippen LogP contribution in [0.15, 0.2) is 101 Å². The number of carbonyl (C=O) groups is 2. The number of hydrogen-bond acceptors (Lipinski definition) is 6. The average molecular weight is 713 g/mol. The summed E-state index contributed by atoms with van der Waals surface area (Å²) in [6, 6.07) is 16.9. The molecule has 0 spiro atoms. The first-order valence-electron chi connectivity index (χ1n) is 16.0. The van der Waals surface area contributed by atoms with Gasteiger partial charge in [0.05, 0.1) is 12.0 Å². The number of sulfonamides is 1. The Morgan fingerprint density at radius 2 is 1.78 bits per heavy atom. The number of nitrogens with zero attached hydrogens (tertiary/aromatic N) is 1. The Bertz CT molecular complexity index is 1820. The van der Waals surface area contributed by atoms with Crippen LogP contribution in [0.5, 0.6) is 0 Å². The van der Waals surface area contributed by atoms with Gasteiger partial charge in [0, 0.05) is 53.8 Å². The van der Waals surface area contributed by atoms with Crippen LogP contribution in [0.4, 0.5) is 19.3 Å². The molecule has 4 atom stereocenters. The Kier molecular flexibility index (Phi) is 11.9. The fourth-order valence-corrected chi connectivity index (χ4v) is 8.46. The van der Waals surface area contributed by atoms with Crippen molar-refractivity contribution < 1.29 is 31.5 Å². The first-order valence-corrected chi connectivity index (χ1v) is 17.8. The average Bonchev–Trinajstić information content (AvgIpc) is 3.08. The van der Waals surface area contributed by atoms with E-state index in [1.807, 2.05) is 13.0 Å². The zero-order chi connectivity index (χ0) is 35.1. The third kappa shape index (κ3) is 8.56. The molecule has 0 radical (unpaired) electrons. The normalized spacial score (nSPS) is 19.6. The van der Waals surface area contributed by atoms with Crippen molar-refractivity contribution in [3.8, 4) is 0 Å². The molecule has 1 aliphatic heterocycles. The molecule has 5 rings (SSSR count). The maximum absolute atomic E-state index is 15.5. The number of anilines is 1. The van der Waals surface area contributed by atoms with E-state index in [0.717, 1.165) is 7.11 Å². The molecule has 1 saturated heterocycles. The Morgan fingerprint density at radius 3 is 2.47 bits per heavy atom. The van der Waals surface area contributed by atoms with Gasteiger partial charge in [0.15, 0.2) is 0 Å². The van der Waals surface area contributed by atoms with Crippen LogP contribution in [0.25, 0.3) is 0 Å². The van der Waals surface area contributed by atoms with Gasteiger partial charge in [0.2, 0.25) is 15.9 Å². The highest BCUT2D eigenvalue weighted by molar-refractivity contribution is 7.89. The fraction of sp³-hybridized carbons (Fsp3) is 0.333. The van der Waals surface area contributed by atoms with Gasteiger partial charge in [-0.3, -0.25) is 4.79 Å². The molecular formula is C36H39ClF2N4O5S. The van der Waals surface area contributed by atoms with Crippen molar-refractivity contribution in [3.05, 3.63) is 118 Å². The number of piperazine rings is 1. The summed E-state index contributed by atoms with van der Waals surface area (Å²) in [4.78, 5) is 26.9. The van der Waals surface area contributed by atoms with Crippen LogP contribution in [0.1, 0.15) is 43.2 Å². The van der Waals surface area contributed by atoms with E-state index in [9.17, 15) is 22.4 Å². The van der Waals surface area contributed by atoms with Crippen LogP contribution >= 0.6 is 11.6 Å². The molecule has 3 aromatic carbocycles. The van der Waals surface area contributed by atoms with Gasteiger partial charge < -0.3 is 20.7 Å². The minimum Gasteiger partial charge on any atom is -0.453 e. The standard InChI is InChI=1S/C36H39ClF2N4O5S/c1-23-21-40-22-28(43(23)49(46,47)29-10-4-3-5-11-29)18-19-30-31(39)12-7-13-32(30)41-35(44)34(42-36(45)48-2)33(24-14-16-26(37)17-15-24)25-8-6-9-27(38)20-25/h3-5,7-8,10-17,20,23,28,33-34,40H,6,9,18-19,21-22H2,1-2H3,(H,41,44)(H,42,45)/t23-,28-,33-,34-/m0/s1. The fourth-order valence-electron chi connectivity index (χ4n) is 6.47. The predicted molar refractivity (Wildman–Crippen MR) is 185 cm³/mol. The minimum atomic E-state index is -3.85. The molecule has 0 saturated carbocycles. The summed E-state index contributed by atoms with van der Waals surface area (Å²) in [6.07, 6.45) is 3.22. The Morgan fingerprint density at radius 1 is 1.04 bits per heavy atom. The zero-order valence-electron chi connectivity index (χ0n) is 27.2. The SMILES string of the molecule is COC(=O)N[C@H](C(=O)Nc1cccc(F)c1CC[C@H]1CNC[C@H](C)N1S(=O)(=O)c1ccccc1)[C@H](C1=CCCC(F)=C1)c1ccc(Cl)cc1. The minimum absolute atomic E-state index is 0.0942. The molecule has 1 fully saturated rings. The lowest BCUT2D eigenvalue weighted by molar-refractivity contribution is -0.118. The van der Waals surface area contributed by atoms with Crippen molar-refractivity contribution in [3.63, 3.8) is 0 Å². The van der Waals surface area contributed by atoms with Gasteiger partial charge >= 0.3 is 6.09 Å². The van der Waals surface area contributed by atoms with E-state index >= 15 is 4.39 Å². The third-order valence-electron chi connectivity index (χ3n) is 8.79. The van der Waals surface area contributed by atoms with Gasteiger partial charge in [0.1, 0.15) is 17.7 Å². The van der Waals surface area contributed by atoms with E-state index in [-0.39, 0.29) is 47.3 Å². The van der Waals surface area contributed by atoms with Crippen molar-refractivity contribution in [2.24, 2.45) is 0 Å². The van der Waals surface area contributed by atoms with Gasteiger partial charge in [-0.25, -0.2) is 22.0 Å². The maximum atomic E-state index is 15.5. The van der Waals surface area contributed by atoms with E-state index in [1.165, 1.54) is 22.5 Å². The van der Waals surface area contributed by atoms with Crippen LogP contribution in [0, 0.1) is 5.82 Å². The summed E-state index contributed by atoms with van der Waals surface area (Å²) in [6.45, 7) is 2.64. The number of carbonyl (C=O) groups excluding carboxylic acids is 2. The molecule has 13 heteroatoms. The second-order valence-electron chi connectivity index (χ2n) is 12.1. The van der Waals surface area contributed by atoms with E-state index in [2.05, 4.69) is 16.0 Å². The largest absolute Gasteiger partial charge is 0.453 e. The summed E-state index contributed by atoms with van der Waals surface area (Å²) in [5.74, 6) is -2.50. The molecule has 0 unspecified atom stereocenters. The van der Waals surface area contributed by atoms with Gasteiger partial charge in [-0.15, -0.1) is 0 Å². The van der Waals surface area contributed by atoms with Gasteiger partial charge in [-0.1, -0.05) is 54.1 Å². The second kappa shape index (κ2) is 16.1. The van der Waals surface area contributed by atoms with Crippen molar-refractivity contribution in [2.45, 2.75) is 61.5 Å². The summed E-state index contributed by atoms with van der Waals surface area (Å²) in [7, 11) is -2.69. The molecule has 0 bridgehead atoms. The summed E-state index contributed by atoms with van der Waals surface area (Å²) in [5.41, 5.74) is 1.39. The number of amides is 2. The van der Waals surface area contributed by atoms with Gasteiger partial charge in [-0.2, -0.15) is 4.31 Å². The molecule has 260 valence electrons. The topological polar surface area (TPSA) is 117 Å². The summed E-state index contributed by atoms with van der Waals surface area (Å²) >= 11 is 6.14. The van der Waals surface area contributed by atoms with E-state index < -0.39 is 45.8 Å². The van der Waals surface area contributed by atoms with Crippen LogP contribution < -0.4 is 16.0 Å². The molecule has 2 aliphatic rings. The van der Waals surface area contributed by atoms with E-state index in [0.29, 0.717) is 35.7 Å². The van der Waals surface area contributed by atoms with Crippen molar-refractivity contribution in [2.75, 3.05) is 25.5 Å². The highest BCUT2D eigenvalue weighted by atomic mass is 35.5. The lowest BCUT2D eigenvalue weighted by Gasteiger charge is -2.40. The number of halogens is 3. The van der Waals surface area contributed by atoms with E-state index in [4.69, 9.17) is 16.3 Å². The number of alkyl carbamates (subject to hydrolysis) is 1. The first kappa shape index (κ1) is 36.2. The molecule has 1 aliphatic carbocycles. The Hall–Kier alpha value is -4.10. The lowest BCUT2D eigenvalue weighted by atomic mass is 9.81. The lowest BCUT2D eigenvalue weighted by Crippen LogP contribution is -2.58. The number of ether oxygens (including phenoxy) is 1. The predicted octanol–water partition coefficient (Wildman–Crippen LogP) is 6.48. The number of allylic oxidation sites excluding steroid dienone is 3. The first-order chi connectivity index (χ1) is 23.5. The third-order valence-corrected chi connectivity index (χ3v) is 11.1. The number of rotatable bonds is 11. The highest BCUT2D eigenvalue weighted by Crippen LogP contribution is 2.35. The van der Waals surface area contributed by atoms with Crippen molar-refractivity contribution >= 4 is 39.3 Å². The molecule has 49 heavy (non-hydrogen) atoms. The number of benzene rings is 3. The van der Waals surface area contributed by atoms with Crippen molar-refractivity contribution in [1.29, 1.82) is 0 Å². The van der Waals surface area contributed by atoms with Crippen LogP contribution in [0.3, 0.4) is 0 Å². The highest BCUT2D eigenvalue weighted by Gasteiger charge is 2.38. The number of hydrogen-bond donors (Lipinski definition) is 3. The van der Waals surface area contributed by atoms with Gasteiger partial charge in [-0.05, 0) is 79.8 Å². The number of methoxy groups -OCH3 is 1. The zero-order valence-corrected chi connectivity index (χ0v) is 28.7. The quantitative estimate of drug-likeness (QED) is 0.210. The monoisotopic (exact) mass is 712 g/mol. The molecule has 9 nitrogen and oxygen atoms in total. The molecule has 1 heterocycles. The van der Waals surface area contributed by atoms with Crippen molar-refractivity contribution in [1.82, 2.24) is 14.9 Å². The van der Waals surface area contributed by atoms with Crippen LogP contribution in [-0.4, -0.2) is 63.0 Å². The Balaban J connectivity index is 1.44. The van der Waals surface area contributed by atoms with E-state index in [1.54, 1.807) is 60.7 Å². The van der Waals surface area contributed by atoms with Gasteiger partial charge in [0.25, 0.3) is 0 Å². The number of nitrogens with one attached hydrogen (secondary N) is 3. The second-order valence-corrected chi connectivity index (χ2v) is 14.4. The summed E-state index contributed by atoms with van der Waals surface area (Å²) in [5, 5.41) is 9.11. The molecular weight excluding hydrogens is 674 g/mol. The van der Waals surface area contributed by atoms with Crippen LogP contribution in [-0.2, 0) is 26.0 Å².